The summed E-state index contributed by atoms with van der Waals surface area (Å²) in [7, 11) is -10.1. The van der Waals surface area contributed by atoms with Gasteiger partial charge >= 0.3 is 15.6 Å². The van der Waals surface area contributed by atoms with Gasteiger partial charge in [0.25, 0.3) is 0 Å². The summed E-state index contributed by atoms with van der Waals surface area (Å²) in [6.07, 6.45) is -9.84. The summed E-state index contributed by atoms with van der Waals surface area (Å²) in [5.41, 5.74) is 0. The van der Waals surface area contributed by atoms with E-state index in [-0.39, 0.29) is 0 Å². The van der Waals surface area contributed by atoms with Gasteiger partial charge < -0.3 is 50.2 Å². The molecule has 0 amide bonds. The van der Waals surface area contributed by atoms with Crippen LogP contribution in [0.25, 0.3) is 0 Å². The SMILES string of the molecule is O=P(O)(O)OP(=O)(O)O.O[C@H]1[C@H](O)[C@@H](O)[C@H](O)[C@@H](O)[C@H]1O. The molecule has 0 aromatic carbocycles. The molecule has 0 aliphatic heterocycles. The predicted octanol–water partition coefficient (Wildman–Crippen LogP) is -4.65. The Kier molecular flexibility index (Phi) is 7.53. The van der Waals surface area contributed by atoms with Crippen LogP contribution in [0, 0.1) is 0 Å². The second-order valence-electron chi connectivity index (χ2n) is 4.01. The lowest BCUT2D eigenvalue weighted by molar-refractivity contribution is -0.223. The normalized spacial score (nSPS) is 37.6. The zero-order valence-corrected chi connectivity index (χ0v) is 11.8. The minimum absolute atomic E-state index is 1.64. The van der Waals surface area contributed by atoms with E-state index < -0.39 is 52.3 Å². The Balaban J connectivity index is 0.000000400. The molecule has 1 fully saturated rings. The Hall–Kier alpha value is 0.0200. The molecular formula is C6H16O13P2. The minimum Gasteiger partial charge on any atom is -0.387 e. The van der Waals surface area contributed by atoms with Crippen LogP contribution in [0.1, 0.15) is 0 Å². The van der Waals surface area contributed by atoms with Gasteiger partial charge in [-0.05, 0) is 0 Å². The highest BCUT2D eigenvalue weighted by molar-refractivity contribution is 7.60. The van der Waals surface area contributed by atoms with E-state index in [1.807, 2.05) is 0 Å². The highest BCUT2D eigenvalue weighted by Gasteiger charge is 2.47. The zero-order chi connectivity index (χ0) is 17.2. The van der Waals surface area contributed by atoms with Crippen molar-refractivity contribution in [1.29, 1.82) is 0 Å². The summed E-state index contributed by atoms with van der Waals surface area (Å²) in [6, 6.07) is 0. The summed E-state index contributed by atoms with van der Waals surface area (Å²) in [5.74, 6) is 0. The Bertz CT molecular complexity index is 336. The van der Waals surface area contributed by atoms with E-state index in [4.69, 9.17) is 50.2 Å². The molecule has 0 aromatic rings. The van der Waals surface area contributed by atoms with E-state index in [1.165, 1.54) is 0 Å². The molecule has 0 spiro atoms. The van der Waals surface area contributed by atoms with Crippen LogP contribution in [-0.4, -0.2) is 86.8 Å². The molecule has 1 aliphatic rings. The maximum atomic E-state index is 9.63. The fourth-order valence-corrected chi connectivity index (χ4v) is 2.46. The first-order valence-corrected chi connectivity index (χ1v) is 8.14. The molecular weight excluding hydrogens is 342 g/mol. The third-order valence-electron chi connectivity index (χ3n) is 2.31. The van der Waals surface area contributed by atoms with E-state index in [9.17, 15) is 9.13 Å². The fraction of sp³-hybridized carbons (Fsp3) is 1.00. The van der Waals surface area contributed by atoms with Gasteiger partial charge in [-0.3, -0.25) is 0 Å². The topological polar surface area (TPSA) is 246 Å². The van der Waals surface area contributed by atoms with Gasteiger partial charge in [0.05, 0.1) is 0 Å². The zero-order valence-electron chi connectivity index (χ0n) is 10.1. The van der Waals surface area contributed by atoms with Gasteiger partial charge in [0.2, 0.25) is 0 Å². The lowest BCUT2D eigenvalue weighted by Gasteiger charge is -2.39. The van der Waals surface area contributed by atoms with Crippen molar-refractivity contribution in [2.24, 2.45) is 0 Å². The maximum Gasteiger partial charge on any atom is 0.478 e. The van der Waals surface area contributed by atoms with Crippen LogP contribution in [0.2, 0.25) is 0 Å². The summed E-state index contributed by atoms with van der Waals surface area (Å²) in [6.45, 7) is 0. The molecule has 15 heteroatoms. The predicted molar refractivity (Wildman–Crippen MR) is 61.2 cm³/mol. The summed E-state index contributed by atoms with van der Waals surface area (Å²) in [4.78, 5) is 31.0. The van der Waals surface area contributed by atoms with E-state index in [2.05, 4.69) is 4.31 Å². The van der Waals surface area contributed by atoms with Crippen molar-refractivity contribution in [3.8, 4) is 0 Å². The molecule has 0 unspecified atom stereocenters. The maximum absolute atomic E-state index is 9.63. The largest absolute Gasteiger partial charge is 0.478 e. The van der Waals surface area contributed by atoms with E-state index in [0.717, 1.165) is 0 Å². The second-order valence-corrected chi connectivity index (χ2v) is 6.62. The summed E-state index contributed by atoms with van der Waals surface area (Å²) in [5, 5.41) is 53.8. The average molecular weight is 358 g/mol. The molecule has 1 rings (SSSR count). The van der Waals surface area contributed by atoms with E-state index in [0.29, 0.717) is 0 Å². The van der Waals surface area contributed by atoms with Gasteiger partial charge in [-0.25, -0.2) is 9.13 Å². The van der Waals surface area contributed by atoms with Crippen LogP contribution in [-0.2, 0) is 13.4 Å². The van der Waals surface area contributed by atoms with Crippen LogP contribution in [0.4, 0.5) is 0 Å². The monoisotopic (exact) mass is 358 g/mol. The summed E-state index contributed by atoms with van der Waals surface area (Å²) >= 11 is 0. The first-order chi connectivity index (χ1) is 9.17. The van der Waals surface area contributed by atoms with Crippen LogP contribution in [0.5, 0.6) is 0 Å². The third kappa shape index (κ3) is 7.21. The number of phosphoric acid groups is 2. The first kappa shape index (κ1) is 21.0. The molecule has 1 saturated carbocycles. The van der Waals surface area contributed by atoms with Gasteiger partial charge in [0, 0.05) is 0 Å². The van der Waals surface area contributed by atoms with Gasteiger partial charge in [-0.2, -0.15) is 4.31 Å². The van der Waals surface area contributed by atoms with Crippen molar-refractivity contribution in [3.05, 3.63) is 0 Å². The minimum atomic E-state index is -5.05. The smallest absolute Gasteiger partial charge is 0.387 e. The van der Waals surface area contributed by atoms with E-state index >= 15 is 0 Å². The Morgan fingerprint density at radius 2 is 0.667 bits per heavy atom. The fourth-order valence-electron chi connectivity index (χ4n) is 1.35. The molecule has 0 bridgehead atoms. The number of hydrogen-bond donors (Lipinski definition) is 10. The van der Waals surface area contributed by atoms with Gasteiger partial charge in [0.15, 0.2) is 0 Å². The molecule has 0 aromatic heterocycles. The highest BCUT2D eigenvalue weighted by Crippen LogP contribution is 2.53. The van der Waals surface area contributed by atoms with Crippen LogP contribution < -0.4 is 0 Å². The number of aliphatic hydroxyl groups is 6. The molecule has 0 radical (unpaired) electrons. The van der Waals surface area contributed by atoms with Crippen molar-refractivity contribution in [2.45, 2.75) is 36.6 Å². The Morgan fingerprint density at radius 1 is 0.524 bits per heavy atom. The average Bonchev–Trinajstić information content (AvgIpc) is 2.28. The molecule has 13 nitrogen and oxygen atoms in total. The second kappa shape index (κ2) is 7.53. The van der Waals surface area contributed by atoms with Crippen molar-refractivity contribution in [1.82, 2.24) is 0 Å². The van der Waals surface area contributed by atoms with Crippen LogP contribution >= 0.6 is 15.6 Å². The first-order valence-electron chi connectivity index (χ1n) is 5.08. The molecule has 0 atom stereocenters. The van der Waals surface area contributed by atoms with Gasteiger partial charge in [-0.15, -0.1) is 0 Å². The van der Waals surface area contributed by atoms with Crippen LogP contribution in [0.3, 0.4) is 0 Å². The quantitative estimate of drug-likeness (QED) is 0.209. The number of hydrogen-bond acceptors (Lipinski definition) is 9. The van der Waals surface area contributed by atoms with Crippen molar-refractivity contribution < 1.29 is 63.7 Å². The Labute approximate surface area is 117 Å². The molecule has 128 valence electrons. The number of rotatable bonds is 2. The van der Waals surface area contributed by atoms with Gasteiger partial charge in [0.1, 0.15) is 36.6 Å². The lowest BCUT2D eigenvalue weighted by Crippen LogP contribution is -2.63. The van der Waals surface area contributed by atoms with Crippen LogP contribution in [0.15, 0.2) is 0 Å². The lowest BCUT2D eigenvalue weighted by atomic mass is 9.85. The molecule has 1 aliphatic carbocycles. The van der Waals surface area contributed by atoms with Crippen molar-refractivity contribution in [2.75, 3.05) is 0 Å². The molecule has 0 saturated heterocycles. The van der Waals surface area contributed by atoms with Crippen molar-refractivity contribution in [3.63, 3.8) is 0 Å². The summed E-state index contributed by atoms with van der Waals surface area (Å²) < 4.78 is 22.2. The van der Waals surface area contributed by atoms with Gasteiger partial charge in [-0.1, -0.05) is 0 Å². The molecule has 0 heterocycles. The third-order valence-corrected chi connectivity index (χ3v) is 4.01. The highest BCUT2D eigenvalue weighted by atomic mass is 31.3. The van der Waals surface area contributed by atoms with E-state index in [1.54, 1.807) is 0 Å². The Morgan fingerprint density at radius 3 is 0.714 bits per heavy atom. The number of aliphatic hydroxyl groups excluding tert-OH is 6. The molecule has 10 N–H and O–H groups in total. The molecule has 21 heavy (non-hydrogen) atoms. The standard InChI is InChI=1S/C6H12O6.H4O7P2/c7-1-2(8)4(10)6(12)5(11)3(1)9;1-8(2,3)7-9(4,5)6/h1-12H;(H2,1,2,3)(H2,4,5,6)/t1-,2-,3-,4+,5-,6-;. The van der Waals surface area contributed by atoms with Crippen molar-refractivity contribution >= 4 is 15.6 Å².